The normalized spacial score (nSPS) is 11.8. The topological polar surface area (TPSA) is 108 Å². The standard InChI is InChI=1S/C12H16N4O3S/c1-8-4-3-5-10(14-8)6-13-20(18,19)12-11(7-17)9(2)15-16-12/h3-5,13,17H,6-7H2,1-2H3,(H,15,16). The second-order valence-electron chi connectivity index (χ2n) is 4.39. The Morgan fingerprint density at radius 3 is 2.75 bits per heavy atom. The minimum absolute atomic E-state index is 0.0702. The van der Waals surface area contributed by atoms with Crippen molar-refractivity contribution in [2.75, 3.05) is 0 Å². The lowest BCUT2D eigenvalue weighted by molar-refractivity contribution is 0.277. The van der Waals surface area contributed by atoms with E-state index in [0.717, 1.165) is 5.69 Å². The maximum atomic E-state index is 12.2. The van der Waals surface area contributed by atoms with Crippen LogP contribution in [0.1, 0.15) is 22.6 Å². The third-order valence-corrected chi connectivity index (χ3v) is 4.21. The van der Waals surface area contributed by atoms with Crippen LogP contribution >= 0.6 is 0 Å². The molecule has 2 aromatic rings. The Balaban J connectivity index is 2.19. The van der Waals surface area contributed by atoms with Crippen molar-refractivity contribution in [3.05, 3.63) is 40.8 Å². The third kappa shape index (κ3) is 3.03. The molecule has 7 nitrogen and oxygen atoms in total. The van der Waals surface area contributed by atoms with Crippen molar-refractivity contribution in [1.82, 2.24) is 19.9 Å². The largest absolute Gasteiger partial charge is 0.392 e. The predicted octanol–water partition coefficient (Wildman–Crippen LogP) is 0.392. The van der Waals surface area contributed by atoms with Gasteiger partial charge in [-0.15, -0.1) is 0 Å². The van der Waals surface area contributed by atoms with Gasteiger partial charge in [0.15, 0.2) is 5.03 Å². The summed E-state index contributed by atoms with van der Waals surface area (Å²) in [6, 6.07) is 5.38. The molecule has 108 valence electrons. The van der Waals surface area contributed by atoms with E-state index in [1.54, 1.807) is 13.0 Å². The highest BCUT2D eigenvalue weighted by molar-refractivity contribution is 7.89. The summed E-state index contributed by atoms with van der Waals surface area (Å²) >= 11 is 0. The molecule has 20 heavy (non-hydrogen) atoms. The number of hydrogen-bond acceptors (Lipinski definition) is 5. The second kappa shape index (κ2) is 5.70. The number of sulfonamides is 1. The molecular formula is C12H16N4O3S. The zero-order chi connectivity index (χ0) is 14.8. The number of aromatic nitrogens is 3. The molecule has 0 saturated carbocycles. The van der Waals surface area contributed by atoms with Crippen molar-refractivity contribution >= 4 is 10.0 Å². The molecule has 0 amide bonds. The lowest BCUT2D eigenvalue weighted by Gasteiger charge is -2.06. The number of hydrogen-bond donors (Lipinski definition) is 3. The van der Waals surface area contributed by atoms with E-state index in [1.165, 1.54) is 0 Å². The number of nitrogens with one attached hydrogen (secondary N) is 2. The SMILES string of the molecule is Cc1cccc(CNS(=O)(=O)c2n[nH]c(C)c2CO)n1. The highest BCUT2D eigenvalue weighted by Crippen LogP contribution is 2.16. The predicted molar refractivity (Wildman–Crippen MR) is 72.2 cm³/mol. The summed E-state index contributed by atoms with van der Waals surface area (Å²) in [7, 11) is -3.79. The van der Waals surface area contributed by atoms with Crippen molar-refractivity contribution in [1.29, 1.82) is 0 Å². The van der Waals surface area contributed by atoms with E-state index in [2.05, 4.69) is 19.9 Å². The molecule has 2 rings (SSSR count). The van der Waals surface area contributed by atoms with Crippen LogP contribution in [0.5, 0.6) is 0 Å². The number of nitrogens with zero attached hydrogens (tertiary/aromatic N) is 2. The number of aromatic amines is 1. The molecular weight excluding hydrogens is 280 g/mol. The molecule has 0 unspecified atom stereocenters. The number of H-pyrrole nitrogens is 1. The molecule has 0 aliphatic carbocycles. The molecule has 2 aromatic heterocycles. The van der Waals surface area contributed by atoms with Gasteiger partial charge in [0, 0.05) is 17.0 Å². The second-order valence-corrected chi connectivity index (χ2v) is 6.07. The highest BCUT2D eigenvalue weighted by Gasteiger charge is 2.23. The van der Waals surface area contributed by atoms with Crippen molar-refractivity contribution in [3.63, 3.8) is 0 Å². The van der Waals surface area contributed by atoms with E-state index in [4.69, 9.17) is 0 Å². The molecule has 0 atom stereocenters. The Morgan fingerprint density at radius 1 is 1.35 bits per heavy atom. The molecule has 0 aliphatic rings. The van der Waals surface area contributed by atoms with Gasteiger partial charge in [-0.05, 0) is 26.0 Å². The molecule has 0 aromatic carbocycles. The molecule has 8 heteroatoms. The van der Waals surface area contributed by atoms with Crippen LogP contribution in [-0.4, -0.2) is 28.7 Å². The average Bonchev–Trinajstić information content (AvgIpc) is 2.78. The van der Waals surface area contributed by atoms with Gasteiger partial charge in [0.1, 0.15) is 0 Å². The van der Waals surface area contributed by atoms with Gasteiger partial charge < -0.3 is 5.11 Å². The Kier molecular flexibility index (Phi) is 4.17. The summed E-state index contributed by atoms with van der Waals surface area (Å²) in [4.78, 5) is 4.21. The Hall–Kier alpha value is -1.77. The first-order valence-corrected chi connectivity index (χ1v) is 7.49. The minimum atomic E-state index is -3.79. The van der Waals surface area contributed by atoms with Gasteiger partial charge in [0.2, 0.25) is 0 Å². The van der Waals surface area contributed by atoms with Crippen molar-refractivity contribution < 1.29 is 13.5 Å². The highest BCUT2D eigenvalue weighted by atomic mass is 32.2. The Labute approximate surface area is 117 Å². The zero-order valence-corrected chi connectivity index (χ0v) is 12.0. The first-order chi connectivity index (χ1) is 9.44. The van der Waals surface area contributed by atoms with E-state index < -0.39 is 10.0 Å². The number of aliphatic hydroxyl groups is 1. The first-order valence-electron chi connectivity index (χ1n) is 6.01. The smallest absolute Gasteiger partial charge is 0.260 e. The Morgan fingerprint density at radius 2 is 2.10 bits per heavy atom. The summed E-state index contributed by atoms with van der Waals surface area (Å²) in [6.45, 7) is 3.17. The zero-order valence-electron chi connectivity index (χ0n) is 11.2. The summed E-state index contributed by atoms with van der Waals surface area (Å²) in [5.41, 5.74) is 2.23. The monoisotopic (exact) mass is 296 g/mol. The number of aryl methyl sites for hydroxylation is 2. The Bertz CT molecular complexity index is 709. The minimum Gasteiger partial charge on any atom is -0.392 e. The maximum absolute atomic E-state index is 12.2. The lowest BCUT2D eigenvalue weighted by Crippen LogP contribution is -2.25. The molecule has 0 bridgehead atoms. The summed E-state index contributed by atoms with van der Waals surface area (Å²) in [6.07, 6.45) is 0. The van der Waals surface area contributed by atoms with Crippen LogP contribution in [0.4, 0.5) is 0 Å². The molecule has 0 aliphatic heterocycles. The van der Waals surface area contributed by atoms with E-state index >= 15 is 0 Å². The summed E-state index contributed by atoms with van der Waals surface area (Å²) < 4.78 is 26.7. The van der Waals surface area contributed by atoms with E-state index in [1.807, 2.05) is 19.1 Å². The van der Waals surface area contributed by atoms with Gasteiger partial charge >= 0.3 is 0 Å². The van der Waals surface area contributed by atoms with Gasteiger partial charge in [0.05, 0.1) is 18.8 Å². The van der Waals surface area contributed by atoms with Gasteiger partial charge in [-0.3, -0.25) is 10.1 Å². The first kappa shape index (κ1) is 14.6. The third-order valence-electron chi connectivity index (χ3n) is 2.84. The quantitative estimate of drug-likeness (QED) is 0.740. The van der Waals surface area contributed by atoms with Crippen molar-refractivity contribution in [2.24, 2.45) is 0 Å². The number of rotatable bonds is 5. The van der Waals surface area contributed by atoms with Crippen LogP contribution < -0.4 is 4.72 Å². The molecule has 3 N–H and O–H groups in total. The van der Waals surface area contributed by atoms with Gasteiger partial charge in [0.25, 0.3) is 10.0 Å². The van der Waals surface area contributed by atoms with Crippen LogP contribution in [0, 0.1) is 13.8 Å². The lowest BCUT2D eigenvalue weighted by atomic mass is 10.3. The van der Waals surface area contributed by atoms with E-state index in [0.29, 0.717) is 11.4 Å². The fraction of sp³-hybridized carbons (Fsp3) is 0.333. The van der Waals surface area contributed by atoms with Crippen LogP contribution in [0.25, 0.3) is 0 Å². The van der Waals surface area contributed by atoms with Gasteiger partial charge in [-0.2, -0.15) is 5.10 Å². The van der Waals surface area contributed by atoms with Crippen LogP contribution in [-0.2, 0) is 23.2 Å². The summed E-state index contributed by atoms with van der Waals surface area (Å²) in [5, 5.41) is 15.3. The molecule has 0 fully saturated rings. The molecule has 2 heterocycles. The van der Waals surface area contributed by atoms with Crippen molar-refractivity contribution in [3.8, 4) is 0 Å². The fourth-order valence-electron chi connectivity index (χ4n) is 1.77. The molecule has 0 saturated heterocycles. The maximum Gasteiger partial charge on any atom is 0.260 e. The average molecular weight is 296 g/mol. The number of aliphatic hydroxyl groups excluding tert-OH is 1. The van der Waals surface area contributed by atoms with E-state index in [9.17, 15) is 13.5 Å². The molecule has 0 radical (unpaired) electrons. The van der Waals surface area contributed by atoms with Crippen molar-refractivity contribution in [2.45, 2.75) is 32.0 Å². The van der Waals surface area contributed by atoms with Gasteiger partial charge in [-0.25, -0.2) is 13.1 Å². The van der Waals surface area contributed by atoms with E-state index in [-0.39, 0.29) is 23.7 Å². The van der Waals surface area contributed by atoms with Gasteiger partial charge in [-0.1, -0.05) is 6.07 Å². The van der Waals surface area contributed by atoms with Crippen LogP contribution in [0.15, 0.2) is 23.2 Å². The van der Waals surface area contributed by atoms with Crippen LogP contribution in [0.3, 0.4) is 0 Å². The summed E-state index contributed by atoms with van der Waals surface area (Å²) in [5.74, 6) is 0. The van der Waals surface area contributed by atoms with Crippen LogP contribution in [0.2, 0.25) is 0 Å². The number of pyridine rings is 1. The fourth-order valence-corrected chi connectivity index (χ4v) is 2.96. The molecule has 0 spiro atoms.